The Morgan fingerprint density at radius 1 is 1.06 bits per heavy atom. The molecule has 2 N–H and O–H groups in total. The van der Waals surface area contributed by atoms with Crippen LogP contribution in [0.2, 0.25) is 0 Å². The first kappa shape index (κ1) is 38.3. The van der Waals surface area contributed by atoms with Crippen molar-refractivity contribution in [1.29, 1.82) is 0 Å². The molecule has 2 aliphatic heterocycles. The van der Waals surface area contributed by atoms with Crippen molar-refractivity contribution < 1.29 is 43.5 Å². The maximum atomic E-state index is 12.6. The van der Waals surface area contributed by atoms with Gasteiger partial charge in [0.2, 0.25) is 0 Å². The fourth-order valence-corrected chi connectivity index (χ4v) is 14.1. The van der Waals surface area contributed by atoms with Crippen LogP contribution in [-0.4, -0.2) is 95.9 Å². The van der Waals surface area contributed by atoms with Crippen LogP contribution in [0, 0.1) is 50.7 Å². The molecular formula is C40H65NO9. The molecule has 7 aliphatic rings. The molecule has 2 heterocycles. The second-order valence-corrected chi connectivity index (χ2v) is 19.0. The summed E-state index contributed by atoms with van der Waals surface area (Å²) >= 11 is 0. The van der Waals surface area contributed by atoms with Gasteiger partial charge in [0.05, 0.1) is 36.6 Å². The summed E-state index contributed by atoms with van der Waals surface area (Å²) in [6.07, 6.45) is 8.32. The summed E-state index contributed by atoms with van der Waals surface area (Å²) in [6.45, 7) is 22.9. The number of esters is 1. The number of hydrogen-bond acceptors (Lipinski definition) is 10. The van der Waals surface area contributed by atoms with Crippen molar-refractivity contribution in [2.24, 2.45) is 50.7 Å². The van der Waals surface area contributed by atoms with Gasteiger partial charge in [0, 0.05) is 25.4 Å². The lowest BCUT2D eigenvalue weighted by atomic mass is 9.41. The van der Waals surface area contributed by atoms with Crippen molar-refractivity contribution >= 4 is 12.1 Å². The minimum absolute atomic E-state index is 0.0435. The quantitative estimate of drug-likeness (QED) is 0.334. The molecule has 3 unspecified atom stereocenters. The van der Waals surface area contributed by atoms with Crippen molar-refractivity contribution in [1.82, 2.24) is 4.90 Å². The Hall–Kier alpha value is -1.39. The SMILES string of the molecule is CCCN1CCO[C@@H](O[C@H]2CC[C@]34C[C@]35CC[C@]3(C)[C@@H]6C(OC([C@H](OC(C)=O)C(C)(C)O)C[C@H]6C)[C@H](O)[C@@]3(C)C5CC[C@H]4C2(C)C)C1.O=C=O. The third-order valence-electron chi connectivity index (χ3n) is 16.1. The molecule has 2 spiro atoms. The Kier molecular flexibility index (Phi) is 10.1. The number of ether oxygens (including phenoxy) is 4. The van der Waals surface area contributed by atoms with Gasteiger partial charge in [-0.2, -0.15) is 9.59 Å². The number of aliphatic hydroxyl groups excluding tert-OH is 1. The van der Waals surface area contributed by atoms with Crippen LogP contribution in [0.15, 0.2) is 0 Å². The van der Waals surface area contributed by atoms with Crippen molar-refractivity contribution in [3.8, 4) is 0 Å². The third-order valence-corrected chi connectivity index (χ3v) is 16.1. The molecule has 7 rings (SSSR count). The van der Waals surface area contributed by atoms with Crippen LogP contribution in [0.3, 0.4) is 0 Å². The first-order valence-corrected chi connectivity index (χ1v) is 19.6. The van der Waals surface area contributed by atoms with Crippen LogP contribution in [-0.2, 0) is 33.3 Å². The zero-order chi connectivity index (χ0) is 36.7. The van der Waals surface area contributed by atoms with Crippen LogP contribution in [0.25, 0.3) is 0 Å². The largest absolute Gasteiger partial charge is 0.457 e. The Morgan fingerprint density at radius 3 is 2.36 bits per heavy atom. The summed E-state index contributed by atoms with van der Waals surface area (Å²) in [7, 11) is 0. The number of morpholine rings is 1. The van der Waals surface area contributed by atoms with Gasteiger partial charge in [0.1, 0.15) is 0 Å². The number of nitrogens with zero attached hydrogens (tertiary/aromatic N) is 1. The molecule has 10 nitrogen and oxygen atoms in total. The second-order valence-electron chi connectivity index (χ2n) is 19.0. The van der Waals surface area contributed by atoms with Gasteiger partial charge in [-0.3, -0.25) is 9.69 Å². The summed E-state index contributed by atoms with van der Waals surface area (Å²) in [5.41, 5.74) is -0.882. The standard InChI is InChI=1S/C39H65NO7.CO2/c1-10-17-40-18-19-44-29(21-40)47-28-13-14-38-22-39(38)16-15-36(8)30-23(2)20-25(33(35(6,7)43)45-24(3)41)46-31(30)32(42)37(36,9)27(39)12-11-26(38)34(28,4)5;2-1-3/h23,25-33,42-43H,10-22H2,1-9H3;/t23-,25?,26+,27?,28+,29+,30+,31?,32+,33+,36-,37-,38-,39+;/m1./s1. The van der Waals surface area contributed by atoms with Gasteiger partial charge in [-0.25, -0.2) is 0 Å². The highest BCUT2D eigenvalue weighted by molar-refractivity contribution is 5.66. The van der Waals surface area contributed by atoms with E-state index in [1.165, 1.54) is 32.6 Å². The molecule has 7 fully saturated rings. The minimum atomic E-state index is -1.25. The first-order valence-electron chi connectivity index (χ1n) is 19.6. The van der Waals surface area contributed by atoms with Crippen molar-refractivity contribution in [2.45, 2.75) is 163 Å². The van der Waals surface area contributed by atoms with Gasteiger partial charge in [0.15, 0.2) is 12.4 Å². The third kappa shape index (κ3) is 5.60. The number of aliphatic hydroxyl groups is 2. The molecule has 284 valence electrons. The van der Waals surface area contributed by atoms with Crippen LogP contribution in [0.4, 0.5) is 0 Å². The molecule has 50 heavy (non-hydrogen) atoms. The molecule has 0 bridgehead atoms. The molecule has 14 atom stereocenters. The van der Waals surface area contributed by atoms with Gasteiger partial charge < -0.3 is 29.2 Å². The topological polar surface area (TPSA) is 132 Å². The summed E-state index contributed by atoms with van der Waals surface area (Å²) < 4.78 is 25.6. The van der Waals surface area contributed by atoms with Gasteiger partial charge in [0.25, 0.3) is 0 Å². The zero-order valence-electron chi connectivity index (χ0n) is 32.2. The Balaban J connectivity index is 0.00000139. The van der Waals surface area contributed by atoms with Crippen LogP contribution in [0.5, 0.6) is 0 Å². The highest BCUT2D eigenvalue weighted by Gasteiger charge is 2.84. The monoisotopic (exact) mass is 703 g/mol. The van der Waals surface area contributed by atoms with Crippen molar-refractivity contribution in [3.05, 3.63) is 0 Å². The van der Waals surface area contributed by atoms with Crippen molar-refractivity contribution in [3.63, 3.8) is 0 Å². The molecule has 0 amide bonds. The Labute approximate surface area is 299 Å². The molecule has 10 heteroatoms. The summed E-state index contributed by atoms with van der Waals surface area (Å²) in [4.78, 5) is 30.8. The van der Waals surface area contributed by atoms with E-state index >= 15 is 0 Å². The smallest absolute Gasteiger partial charge is 0.373 e. The van der Waals surface area contributed by atoms with E-state index in [1.54, 1.807) is 13.8 Å². The maximum absolute atomic E-state index is 12.6. The van der Waals surface area contributed by atoms with Gasteiger partial charge in [-0.15, -0.1) is 0 Å². The number of rotatable bonds is 7. The van der Waals surface area contributed by atoms with E-state index in [1.807, 2.05) is 0 Å². The van der Waals surface area contributed by atoms with Crippen LogP contribution < -0.4 is 0 Å². The lowest BCUT2D eigenvalue weighted by Gasteiger charge is -2.64. The van der Waals surface area contributed by atoms with E-state index in [2.05, 4.69) is 46.4 Å². The normalized spacial score (nSPS) is 48.2. The number of carbonyl (C=O) groups excluding carboxylic acids is 3. The van der Waals surface area contributed by atoms with Gasteiger partial charge in [-0.1, -0.05) is 41.5 Å². The van der Waals surface area contributed by atoms with Crippen LogP contribution in [0.1, 0.15) is 120 Å². The van der Waals surface area contributed by atoms with E-state index in [0.717, 1.165) is 51.9 Å². The molecule has 0 radical (unpaired) electrons. The molecule has 0 aromatic rings. The fraction of sp³-hybridized carbons (Fsp3) is 0.950. The first-order chi connectivity index (χ1) is 23.4. The summed E-state index contributed by atoms with van der Waals surface area (Å²) in [5, 5.41) is 23.6. The van der Waals surface area contributed by atoms with Crippen molar-refractivity contribution in [2.75, 3.05) is 26.2 Å². The summed E-state index contributed by atoms with van der Waals surface area (Å²) in [5.74, 6) is 1.16. The molecule has 0 aromatic heterocycles. The summed E-state index contributed by atoms with van der Waals surface area (Å²) in [6, 6.07) is 0. The average molecular weight is 704 g/mol. The molecule has 5 saturated carbocycles. The predicted molar refractivity (Wildman–Crippen MR) is 184 cm³/mol. The average Bonchev–Trinajstić information content (AvgIpc) is 3.66. The van der Waals surface area contributed by atoms with Crippen LogP contribution >= 0.6 is 0 Å². The van der Waals surface area contributed by atoms with Gasteiger partial charge in [-0.05, 0) is 124 Å². The van der Waals surface area contributed by atoms with E-state index < -0.39 is 29.9 Å². The van der Waals surface area contributed by atoms with E-state index in [4.69, 9.17) is 28.5 Å². The second kappa shape index (κ2) is 13.2. The van der Waals surface area contributed by atoms with E-state index in [9.17, 15) is 15.0 Å². The fourth-order valence-electron chi connectivity index (χ4n) is 14.1. The van der Waals surface area contributed by atoms with E-state index in [0.29, 0.717) is 23.7 Å². The number of fused-ring (bicyclic) bond motifs is 4. The maximum Gasteiger partial charge on any atom is 0.373 e. The Morgan fingerprint density at radius 2 is 1.72 bits per heavy atom. The van der Waals surface area contributed by atoms with E-state index in [-0.39, 0.29) is 58.1 Å². The zero-order valence-corrected chi connectivity index (χ0v) is 32.2. The van der Waals surface area contributed by atoms with Gasteiger partial charge >= 0.3 is 12.1 Å². The molecule has 2 saturated heterocycles. The molecular weight excluding hydrogens is 638 g/mol. The predicted octanol–water partition coefficient (Wildman–Crippen LogP) is 5.37. The number of carbonyl (C=O) groups is 1. The molecule has 0 aromatic carbocycles. The lowest BCUT2D eigenvalue weighted by Crippen LogP contribution is -2.60. The highest BCUT2D eigenvalue weighted by Crippen LogP contribution is 2.89. The number of hydrogen-bond donors (Lipinski definition) is 2. The lowest BCUT2D eigenvalue weighted by molar-refractivity contribution is -0.248. The highest BCUT2D eigenvalue weighted by atomic mass is 16.7. The Bertz CT molecular complexity index is 1310. The minimum Gasteiger partial charge on any atom is -0.457 e. The molecule has 5 aliphatic carbocycles.